The van der Waals surface area contributed by atoms with E-state index in [1.807, 2.05) is 23.1 Å². The van der Waals surface area contributed by atoms with Crippen molar-refractivity contribution < 1.29 is 23.0 Å². The molecule has 1 N–H and O–H groups in total. The minimum Gasteiger partial charge on any atom is -0.493 e. The first-order chi connectivity index (χ1) is 14.5. The summed E-state index contributed by atoms with van der Waals surface area (Å²) in [6.45, 7) is 2.59. The fraction of sp³-hybridized carbons (Fsp3) is 0.409. The highest BCUT2D eigenvalue weighted by atomic mass is 19.3. The average Bonchev–Trinajstić information content (AvgIpc) is 2.74. The number of rotatable bonds is 8. The second-order valence-corrected chi connectivity index (χ2v) is 7.20. The molecule has 8 heteroatoms. The minimum atomic E-state index is -2.96. The van der Waals surface area contributed by atoms with Crippen LogP contribution in [-0.4, -0.2) is 61.6 Å². The lowest BCUT2D eigenvalue weighted by molar-refractivity contribution is -0.133. The zero-order valence-electron chi connectivity index (χ0n) is 17.2. The Hall–Kier alpha value is -2.87. The Kier molecular flexibility index (Phi) is 7.46. The van der Waals surface area contributed by atoms with E-state index in [-0.39, 0.29) is 17.4 Å². The number of ether oxygens (including phenoxy) is 2. The van der Waals surface area contributed by atoms with Crippen LogP contribution in [-0.2, 0) is 11.3 Å². The Balaban J connectivity index is 1.53. The molecule has 1 fully saturated rings. The molecule has 0 bridgehead atoms. The van der Waals surface area contributed by atoms with Gasteiger partial charge in [-0.2, -0.15) is 8.78 Å². The number of hydrogen-bond donors (Lipinski definition) is 1. The summed E-state index contributed by atoms with van der Waals surface area (Å²) in [5.74, 6) is 0.0996. The molecule has 0 aromatic heterocycles. The van der Waals surface area contributed by atoms with Gasteiger partial charge in [-0.1, -0.05) is 30.3 Å². The largest absolute Gasteiger partial charge is 0.493 e. The maximum absolute atomic E-state index is 12.8. The lowest BCUT2D eigenvalue weighted by Gasteiger charge is -2.36. The molecule has 1 heterocycles. The zero-order valence-corrected chi connectivity index (χ0v) is 17.2. The van der Waals surface area contributed by atoms with Gasteiger partial charge >= 0.3 is 6.61 Å². The number of benzene rings is 2. The van der Waals surface area contributed by atoms with Crippen molar-refractivity contribution in [1.82, 2.24) is 9.80 Å². The molecule has 6 nitrogen and oxygen atoms in total. The van der Waals surface area contributed by atoms with Crippen LogP contribution < -0.4 is 14.8 Å². The van der Waals surface area contributed by atoms with Gasteiger partial charge < -0.3 is 19.7 Å². The third kappa shape index (κ3) is 5.82. The highest BCUT2D eigenvalue weighted by molar-refractivity contribution is 5.84. The molecule has 2 aromatic carbocycles. The highest BCUT2D eigenvalue weighted by Gasteiger charge is 2.25. The van der Waals surface area contributed by atoms with E-state index in [4.69, 9.17) is 4.74 Å². The van der Waals surface area contributed by atoms with E-state index >= 15 is 0 Å². The number of methoxy groups -OCH3 is 1. The Bertz CT molecular complexity index is 828. The van der Waals surface area contributed by atoms with Crippen LogP contribution in [0.25, 0.3) is 0 Å². The lowest BCUT2D eigenvalue weighted by Crippen LogP contribution is -2.51. The Morgan fingerprint density at radius 2 is 1.77 bits per heavy atom. The van der Waals surface area contributed by atoms with E-state index in [0.29, 0.717) is 18.8 Å². The molecule has 162 valence electrons. The number of halogens is 2. The fourth-order valence-electron chi connectivity index (χ4n) is 3.51. The van der Waals surface area contributed by atoms with Crippen LogP contribution in [0.15, 0.2) is 48.5 Å². The molecule has 1 atom stereocenters. The number of hydrogen-bond acceptors (Lipinski definition) is 5. The van der Waals surface area contributed by atoms with E-state index in [9.17, 15) is 13.6 Å². The number of piperazine rings is 1. The molecule has 1 aliphatic heterocycles. The zero-order chi connectivity index (χ0) is 21.5. The third-order valence-electron chi connectivity index (χ3n) is 5.07. The van der Waals surface area contributed by atoms with E-state index in [0.717, 1.165) is 19.6 Å². The van der Waals surface area contributed by atoms with Gasteiger partial charge in [-0.3, -0.25) is 9.69 Å². The molecule has 1 unspecified atom stereocenters. The van der Waals surface area contributed by atoms with Crippen molar-refractivity contribution in [3.05, 3.63) is 54.1 Å². The maximum Gasteiger partial charge on any atom is 0.387 e. The normalized spacial score (nSPS) is 15.7. The second-order valence-electron chi connectivity index (χ2n) is 7.20. The molecular weight excluding hydrogens is 392 g/mol. The molecule has 0 aliphatic carbocycles. The first-order valence-electron chi connectivity index (χ1n) is 9.90. The number of alkyl halides is 2. The van der Waals surface area contributed by atoms with E-state index in [2.05, 4.69) is 27.1 Å². The quantitative estimate of drug-likeness (QED) is 0.711. The van der Waals surface area contributed by atoms with Gasteiger partial charge in [0, 0.05) is 44.5 Å². The molecule has 3 rings (SSSR count). The topological polar surface area (TPSA) is 54.0 Å². The second kappa shape index (κ2) is 10.2. The average molecular weight is 419 g/mol. The predicted molar refractivity (Wildman–Crippen MR) is 111 cm³/mol. The summed E-state index contributed by atoms with van der Waals surface area (Å²) in [6, 6.07) is 14.4. The van der Waals surface area contributed by atoms with Crippen molar-refractivity contribution in [2.75, 3.05) is 38.6 Å². The molecular formula is C22H27F2N3O3. The van der Waals surface area contributed by atoms with Crippen molar-refractivity contribution in [3.63, 3.8) is 0 Å². The Labute approximate surface area is 175 Å². The van der Waals surface area contributed by atoms with E-state index < -0.39 is 12.7 Å². The molecule has 2 aromatic rings. The molecule has 0 radical (unpaired) electrons. The molecule has 1 saturated heterocycles. The van der Waals surface area contributed by atoms with Gasteiger partial charge in [-0.25, -0.2) is 0 Å². The van der Waals surface area contributed by atoms with Crippen LogP contribution in [0.1, 0.15) is 12.5 Å². The lowest BCUT2D eigenvalue weighted by atomic mass is 10.2. The molecule has 0 spiro atoms. The predicted octanol–water partition coefficient (Wildman–Crippen LogP) is 3.44. The third-order valence-corrected chi connectivity index (χ3v) is 5.07. The van der Waals surface area contributed by atoms with E-state index in [1.54, 1.807) is 13.0 Å². The maximum atomic E-state index is 12.8. The summed E-state index contributed by atoms with van der Waals surface area (Å²) in [4.78, 5) is 17.0. The van der Waals surface area contributed by atoms with Crippen LogP contribution in [0.4, 0.5) is 14.5 Å². The number of anilines is 1. The van der Waals surface area contributed by atoms with Crippen LogP contribution in [0.2, 0.25) is 0 Å². The van der Waals surface area contributed by atoms with Gasteiger partial charge in [-0.15, -0.1) is 0 Å². The van der Waals surface area contributed by atoms with Crippen molar-refractivity contribution in [3.8, 4) is 11.5 Å². The standard InChI is InChI=1S/C22H27F2N3O3/c1-16(25-18-8-9-19(29-2)20(14-18)30-22(23)24)21(28)27-12-10-26(11-13-27)15-17-6-4-3-5-7-17/h3-9,14,16,22,25H,10-13,15H2,1-2H3. The fourth-order valence-corrected chi connectivity index (χ4v) is 3.51. The minimum absolute atomic E-state index is 0.0264. The summed E-state index contributed by atoms with van der Waals surface area (Å²) in [7, 11) is 1.38. The summed E-state index contributed by atoms with van der Waals surface area (Å²) in [5.41, 5.74) is 1.77. The Morgan fingerprint density at radius 1 is 1.07 bits per heavy atom. The number of carbonyl (C=O) groups is 1. The highest BCUT2D eigenvalue weighted by Crippen LogP contribution is 2.31. The molecule has 1 amide bonds. The van der Waals surface area contributed by atoms with Gasteiger partial charge in [0.1, 0.15) is 6.04 Å². The SMILES string of the molecule is COc1ccc(NC(C)C(=O)N2CCN(Cc3ccccc3)CC2)cc1OC(F)F. The van der Waals surface area contributed by atoms with Crippen molar-refractivity contribution in [2.45, 2.75) is 26.1 Å². The van der Waals surface area contributed by atoms with Gasteiger partial charge in [0.05, 0.1) is 7.11 Å². The van der Waals surface area contributed by atoms with Crippen molar-refractivity contribution >= 4 is 11.6 Å². The van der Waals surface area contributed by atoms with Crippen molar-refractivity contribution in [1.29, 1.82) is 0 Å². The Morgan fingerprint density at radius 3 is 2.40 bits per heavy atom. The summed E-state index contributed by atoms with van der Waals surface area (Å²) in [5, 5.41) is 3.07. The number of carbonyl (C=O) groups excluding carboxylic acids is 1. The van der Waals surface area contributed by atoms with Gasteiger partial charge in [0.25, 0.3) is 0 Å². The van der Waals surface area contributed by atoms with Gasteiger partial charge in [0.15, 0.2) is 11.5 Å². The smallest absolute Gasteiger partial charge is 0.387 e. The van der Waals surface area contributed by atoms with Crippen molar-refractivity contribution in [2.24, 2.45) is 0 Å². The summed E-state index contributed by atoms with van der Waals surface area (Å²) < 4.78 is 34.7. The summed E-state index contributed by atoms with van der Waals surface area (Å²) in [6.07, 6.45) is 0. The van der Waals surface area contributed by atoms with Crippen LogP contribution in [0.3, 0.4) is 0 Å². The number of nitrogens with zero attached hydrogens (tertiary/aromatic N) is 2. The number of nitrogens with one attached hydrogen (secondary N) is 1. The van der Waals surface area contributed by atoms with Gasteiger partial charge in [-0.05, 0) is 24.6 Å². The number of amides is 1. The first-order valence-corrected chi connectivity index (χ1v) is 9.90. The molecule has 1 aliphatic rings. The van der Waals surface area contributed by atoms with Crippen LogP contribution in [0, 0.1) is 0 Å². The summed E-state index contributed by atoms with van der Waals surface area (Å²) >= 11 is 0. The van der Waals surface area contributed by atoms with E-state index in [1.165, 1.54) is 24.8 Å². The molecule has 30 heavy (non-hydrogen) atoms. The molecule has 0 saturated carbocycles. The monoisotopic (exact) mass is 419 g/mol. The van der Waals surface area contributed by atoms with Gasteiger partial charge in [0.2, 0.25) is 5.91 Å². The first kappa shape index (κ1) is 21.8. The van der Waals surface area contributed by atoms with Crippen LogP contribution >= 0.6 is 0 Å². The van der Waals surface area contributed by atoms with Crippen LogP contribution in [0.5, 0.6) is 11.5 Å².